The van der Waals surface area contributed by atoms with Crippen molar-refractivity contribution in [2.45, 2.75) is 46.3 Å². The van der Waals surface area contributed by atoms with Crippen molar-refractivity contribution >= 4 is 46.5 Å². The molecule has 0 heterocycles. The molecular weight excluding hydrogens is 174 g/mol. The van der Waals surface area contributed by atoms with Gasteiger partial charge in [0.1, 0.15) is 0 Å². The molecule has 0 N–H and O–H groups in total. The summed E-state index contributed by atoms with van der Waals surface area (Å²) < 4.78 is 0. The van der Waals surface area contributed by atoms with E-state index in [-0.39, 0.29) is 37.7 Å². The molecular formula is C11H20Li2Si. The van der Waals surface area contributed by atoms with Crippen LogP contribution < -0.4 is 0 Å². The quantitative estimate of drug-likeness (QED) is 0.563. The normalized spacial score (nSPS) is 17.4. The van der Waals surface area contributed by atoms with Gasteiger partial charge >= 0.3 is 0 Å². The van der Waals surface area contributed by atoms with Crippen molar-refractivity contribution < 1.29 is 0 Å². The molecule has 0 spiro atoms. The molecule has 0 aromatic heterocycles. The van der Waals surface area contributed by atoms with Crippen LogP contribution in [0.5, 0.6) is 0 Å². The van der Waals surface area contributed by atoms with E-state index in [0.717, 1.165) is 5.54 Å². The minimum Gasteiger partial charge on any atom is -0.0714 e. The van der Waals surface area contributed by atoms with Gasteiger partial charge in [-0.05, 0) is 44.4 Å². The molecule has 0 bridgehead atoms. The summed E-state index contributed by atoms with van der Waals surface area (Å²) in [5, 5.41) is 0. The van der Waals surface area contributed by atoms with Crippen LogP contribution in [-0.4, -0.2) is 46.5 Å². The summed E-state index contributed by atoms with van der Waals surface area (Å²) in [6.45, 7) is 14.1. The molecule has 0 unspecified atom stereocenters. The van der Waals surface area contributed by atoms with Gasteiger partial charge in [-0.15, -0.1) is 0 Å². The fraction of sp³-hybridized carbons (Fsp3) is 0.636. The molecule has 14 heavy (non-hydrogen) atoms. The Bertz CT molecular complexity index is 240. The van der Waals surface area contributed by atoms with Gasteiger partial charge in [0.2, 0.25) is 0 Å². The van der Waals surface area contributed by atoms with Gasteiger partial charge in [0, 0.05) is 46.5 Å². The van der Waals surface area contributed by atoms with E-state index in [2.05, 4.69) is 40.8 Å². The zero-order valence-corrected chi connectivity index (χ0v) is 12.3. The minimum atomic E-state index is -0.531. The number of hydrogen-bond acceptors (Lipinski definition) is 0. The Morgan fingerprint density at radius 1 is 0.786 bits per heavy atom. The average molecular weight is 194 g/mol. The molecule has 0 aromatic rings. The van der Waals surface area contributed by atoms with Crippen molar-refractivity contribution in [2.75, 3.05) is 0 Å². The van der Waals surface area contributed by atoms with Gasteiger partial charge < -0.3 is 0 Å². The zero-order valence-electron chi connectivity index (χ0n) is 11.2. The van der Waals surface area contributed by atoms with E-state index < -0.39 is 8.80 Å². The largest absolute Gasteiger partial charge is 0.0714 e. The van der Waals surface area contributed by atoms with Crippen LogP contribution in [-0.2, 0) is 0 Å². The van der Waals surface area contributed by atoms with E-state index in [1.165, 1.54) is 0 Å². The molecule has 1 rings (SSSR count). The van der Waals surface area contributed by atoms with Crippen molar-refractivity contribution in [3.8, 4) is 0 Å². The second kappa shape index (κ2) is 6.47. The van der Waals surface area contributed by atoms with Crippen LogP contribution in [0.3, 0.4) is 0 Å². The summed E-state index contributed by atoms with van der Waals surface area (Å²) in [6, 6.07) is 0. The standard InChI is InChI=1S/C11H20Si.2Li/c1-7-8(2)10(4)11(9(7)3)12(5)6;;/h11-12H,1-6H3;;. The molecule has 0 nitrogen and oxygen atoms in total. The topological polar surface area (TPSA) is 0 Å². The van der Waals surface area contributed by atoms with Crippen molar-refractivity contribution in [3.63, 3.8) is 0 Å². The number of rotatable bonds is 1. The summed E-state index contributed by atoms with van der Waals surface area (Å²) in [5.41, 5.74) is 7.25. The first-order valence-electron chi connectivity index (χ1n) is 4.82. The molecule has 0 fully saturated rings. The first kappa shape index (κ1) is 17.3. The molecule has 0 amide bonds. The molecule has 70 valence electrons. The van der Waals surface area contributed by atoms with E-state index in [1.807, 2.05) is 0 Å². The van der Waals surface area contributed by atoms with E-state index in [0.29, 0.717) is 0 Å². The maximum atomic E-state index is 2.45. The van der Waals surface area contributed by atoms with E-state index in [1.54, 1.807) is 22.3 Å². The molecule has 0 saturated heterocycles. The van der Waals surface area contributed by atoms with Gasteiger partial charge in [-0.25, -0.2) is 0 Å². The summed E-state index contributed by atoms with van der Waals surface area (Å²) >= 11 is 0. The second-order valence-electron chi connectivity index (χ2n) is 4.34. The molecule has 0 aliphatic heterocycles. The summed E-state index contributed by atoms with van der Waals surface area (Å²) in [6.07, 6.45) is 0. The Balaban J connectivity index is 0. The fourth-order valence-electron chi connectivity index (χ4n) is 2.38. The monoisotopic (exact) mass is 194 g/mol. The molecule has 0 saturated carbocycles. The maximum Gasteiger partial charge on any atom is 0.0435 e. The van der Waals surface area contributed by atoms with Crippen molar-refractivity contribution in [2.24, 2.45) is 0 Å². The maximum absolute atomic E-state index is 2.45. The smallest absolute Gasteiger partial charge is 0.0435 e. The zero-order chi connectivity index (χ0) is 9.46. The number of allylic oxidation sites excluding steroid dienone is 4. The third-order valence-corrected chi connectivity index (χ3v) is 5.68. The fourth-order valence-corrected chi connectivity index (χ4v) is 4.88. The van der Waals surface area contributed by atoms with Crippen LogP contribution in [0.25, 0.3) is 0 Å². The van der Waals surface area contributed by atoms with Crippen LogP contribution in [0, 0.1) is 0 Å². The van der Waals surface area contributed by atoms with Crippen LogP contribution in [0.15, 0.2) is 22.3 Å². The second-order valence-corrected chi connectivity index (χ2v) is 7.49. The Labute approximate surface area is 115 Å². The van der Waals surface area contributed by atoms with Crippen LogP contribution in [0.2, 0.25) is 18.6 Å². The van der Waals surface area contributed by atoms with Gasteiger partial charge in [0.05, 0.1) is 0 Å². The third kappa shape index (κ3) is 2.94. The SMILES string of the molecule is CC1=C(C)C([SiH](C)C)C(C)=C1C.[Li].[Li]. The van der Waals surface area contributed by atoms with E-state index >= 15 is 0 Å². The Morgan fingerprint density at radius 2 is 1.07 bits per heavy atom. The van der Waals surface area contributed by atoms with Crippen LogP contribution in [0.1, 0.15) is 27.7 Å². The summed E-state index contributed by atoms with van der Waals surface area (Å²) in [4.78, 5) is 0. The van der Waals surface area contributed by atoms with Crippen LogP contribution >= 0.6 is 0 Å². The first-order valence-corrected chi connectivity index (χ1v) is 7.79. The van der Waals surface area contributed by atoms with Gasteiger partial charge in [-0.1, -0.05) is 24.2 Å². The first-order chi connectivity index (χ1) is 5.46. The van der Waals surface area contributed by atoms with Gasteiger partial charge in [0.25, 0.3) is 0 Å². The summed E-state index contributed by atoms with van der Waals surface area (Å²) in [5.74, 6) is 0. The van der Waals surface area contributed by atoms with E-state index in [4.69, 9.17) is 0 Å². The van der Waals surface area contributed by atoms with Crippen molar-refractivity contribution in [1.82, 2.24) is 0 Å². The molecule has 3 heteroatoms. The minimum absolute atomic E-state index is 0. The van der Waals surface area contributed by atoms with Gasteiger partial charge in [-0.2, -0.15) is 0 Å². The third-order valence-electron chi connectivity index (χ3n) is 3.35. The number of hydrogen-bond donors (Lipinski definition) is 0. The van der Waals surface area contributed by atoms with Gasteiger partial charge in [-0.3, -0.25) is 0 Å². The Morgan fingerprint density at radius 3 is 1.21 bits per heavy atom. The van der Waals surface area contributed by atoms with Crippen molar-refractivity contribution in [3.05, 3.63) is 22.3 Å². The van der Waals surface area contributed by atoms with Gasteiger partial charge in [0.15, 0.2) is 0 Å². The molecule has 1 aliphatic rings. The molecule has 0 atom stereocenters. The average Bonchev–Trinajstić information content (AvgIpc) is 2.16. The Kier molecular flexibility index (Phi) is 7.99. The summed E-state index contributed by atoms with van der Waals surface area (Å²) in [7, 11) is -0.531. The predicted molar refractivity (Wildman–Crippen MR) is 70.9 cm³/mol. The van der Waals surface area contributed by atoms with E-state index in [9.17, 15) is 0 Å². The predicted octanol–water partition coefficient (Wildman–Crippen LogP) is 2.77. The van der Waals surface area contributed by atoms with Crippen molar-refractivity contribution in [1.29, 1.82) is 0 Å². The Hall–Kier alpha value is 0.892. The van der Waals surface area contributed by atoms with Crippen LogP contribution in [0.4, 0.5) is 0 Å². The molecule has 0 aromatic carbocycles. The molecule has 1 aliphatic carbocycles. The molecule has 2 radical (unpaired) electrons.